The van der Waals surface area contributed by atoms with E-state index >= 15 is 0 Å². The lowest BCUT2D eigenvalue weighted by atomic mass is 9.95. The Morgan fingerprint density at radius 3 is 2.67 bits per heavy atom. The molecule has 1 aliphatic rings. The quantitative estimate of drug-likeness (QED) is 0.750. The maximum Gasteiger partial charge on any atom is 0.255 e. The zero-order valence-corrected chi connectivity index (χ0v) is 15.9. The van der Waals surface area contributed by atoms with Crippen LogP contribution in [0.2, 0.25) is 0 Å². The fraction of sp³-hybridized carbons (Fsp3) is 0.500. The van der Waals surface area contributed by atoms with Crippen LogP contribution in [0.25, 0.3) is 11.0 Å². The number of hydrogen-bond acceptors (Lipinski definition) is 6. The van der Waals surface area contributed by atoms with Crippen LogP contribution in [0, 0.1) is 6.92 Å². The lowest BCUT2D eigenvalue weighted by Gasteiger charge is -2.31. The molecule has 0 aliphatic carbocycles. The Bertz CT molecular complexity index is 977. The summed E-state index contributed by atoms with van der Waals surface area (Å²) >= 11 is 0. The highest BCUT2D eigenvalue weighted by molar-refractivity contribution is 5.98. The minimum atomic E-state index is 0.0260. The summed E-state index contributed by atoms with van der Waals surface area (Å²) in [6.07, 6.45) is 3.43. The summed E-state index contributed by atoms with van der Waals surface area (Å²) < 4.78 is 3.43. The Morgan fingerprint density at radius 2 is 2.04 bits per heavy atom. The van der Waals surface area contributed by atoms with Gasteiger partial charge in [-0.05, 0) is 32.8 Å². The molecule has 142 valence electrons. The molecule has 1 aliphatic heterocycles. The number of carbonyl (C=O) groups is 1. The van der Waals surface area contributed by atoms with Gasteiger partial charge in [0.15, 0.2) is 11.5 Å². The minimum absolute atomic E-state index is 0.0260. The molecule has 9 nitrogen and oxygen atoms in total. The fourth-order valence-corrected chi connectivity index (χ4v) is 3.65. The molecule has 27 heavy (non-hydrogen) atoms. The number of aryl methyl sites for hydroxylation is 3. The van der Waals surface area contributed by atoms with E-state index in [1.54, 1.807) is 17.9 Å². The number of hydrogen-bond donors (Lipinski definition) is 1. The van der Waals surface area contributed by atoms with E-state index in [9.17, 15) is 4.79 Å². The van der Waals surface area contributed by atoms with E-state index in [0.717, 1.165) is 41.9 Å². The van der Waals surface area contributed by atoms with Gasteiger partial charge in [-0.1, -0.05) is 0 Å². The summed E-state index contributed by atoms with van der Waals surface area (Å²) in [6, 6.07) is 1.91. The first-order chi connectivity index (χ1) is 13.0. The van der Waals surface area contributed by atoms with E-state index in [0.29, 0.717) is 24.6 Å². The number of carbonyl (C=O) groups excluding carboxylic acids is 1. The van der Waals surface area contributed by atoms with Crippen molar-refractivity contribution in [2.75, 3.05) is 18.8 Å². The third-order valence-corrected chi connectivity index (χ3v) is 5.29. The third-order valence-electron chi connectivity index (χ3n) is 5.29. The van der Waals surface area contributed by atoms with Crippen LogP contribution >= 0.6 is 0 Å². The van der Waals surface area contributed by atoms with Crippen LogP contribution < -0.4 is 5.73 Å². The van der Waals surface area contributed by atoms with Crippen LogP contribution in [-0.4, -0.2) is 53.4 Å². The van der Waals surface area contributed by atoms with Crippen molar-refractivity contribution >= 4 is 22.9 Å². The fourth-order valence-electron chi connectivity index (χ4n) is 3.65. The third kappa shape index (κ3) is 3.02. The van der Waals surface area contributed by atoms with E-state index in [-0.39, 0.29) is 11.8 Å². The van der Waals surface area contributed by atoms with E-state index in [1.165, 1.54) is 0 Å². The summed E-state index contributed by atoms with van der Waals surface area (Å²) in [5, 5.41) is 9.60. The van der Waals surface area contributed by atoms with Gasteiger partial charge in [-0.25, -0.2) is 14.3 Å². The molecule has 3 aromatic rings. The molecule has 0 bridgehead atoms. The minimum Gasteiger partial charge on any atom is -0.368 e. The average molecular weight is 368 g/mol. The van der Waals surface area contributed by atoms with Gasteiger partial charge in [0, 0.05) is 38.0 Å². The molecule has 1 amide bonds. The molecule has 4 heterocycles. The first-order valence-corrected chi connectivity index (χ1v) is 9.26. The molecule has 3 aromatic heterocycles. The topological polar surface area (TPSA) is 108 Å². The summed E-state index contributed by atoms with van der Waals surface area (Å²) in [7, 11) is 1.79. The van der Waals surface area contributed by atoms with E-state index in [1.807, 2.05) is 29.5 Å². The van der Waals surface area contributed by atoms with Crippen molar-refractivity contribution in [3.63, 3.8) is 0 Å². The molecule has 0 radical (unpaired) electrons. The molecule has 0 unspecified atom stereocenters. The van der Waals surface area contributed by atoms with Crippen LogP contribution in [-0.2, 0) is 13.6 Å². The van der Waals surface area contributed by atoms with Gasteiger partial charge in [0.05, 0.1) is 17.5 Å². The number of anilines is 1. The molecule has 0 spiro atoms. The highest BCUT2D eigenvalue weighted by atomic mass is 16.2. The predicted octanol–water partition coefficient (Wildman–Crippen LogP) is 1.49. The maximum absolute atomic E-state index is 13.0. The first kappa shape index (κ1) is 17.4. The predicted molar refractivity (Wildman–Crippen MR) is 101 cm³/mol. The molecule has 2 N–H and O–H groups in total. The number of amides is 1. The molecular weight excluding hydrogens is 344 g/mol. The molecule has 1 fully saturated rings. The second-order valence-corrected chi connectivity index (χ2v) is 7.01. The SMILES string of the molecule is CCn1ncc2cc(C(=O)N3CCC(c4nc(N)n(C)n4)CC3)c(C)nc21. The van der Waals surface area contributed by atoms with Crippen molar-refractivity contribution in [1.29, 1.82) is 0 Å². The van der Waals surface area contributed by atoms with E-state index in [4.69, 9.17) is 5.73 Å². The summed E-state index contributed by atoms with van der Waals surface area (Å²) in [4.78, 5) is 23.9. The van der Waals surface area contributed by atoms with Crippen LogP contribution in [0.4, 0.5) is 5.95 Å². The highest BCUT2D eigenvalue weighted by Crippen LogP contribution is 2.27. The number of fused-ring (bicyclic) bond motifs is 1. The Morgan fingerprint density at radius 1 is 1.30 bits per heavy atom. The molecule has 0 atom stereocenters. The van der Waals surface area contributed by atoms with Crippen LogP contribution in [0.5, 0.6) is 0 Å². The Labute approximate surface area is 157 Å². The number of piperidine rings is 1. The standard InChI is InChI=1S/C18H24N8O/c1-4-26-16-13(10-20-26)9-14(11(2)21-16)17(27)25-7-5-12(6-8-25)15-22-18(19)24(3)23-15/h9-10,12H,4-8H2,1-3H3,(H2,19,22,23). The van der Waals surface area contributed by atoms with E-state index in [2.05, 4.69) is 20.2 Å². The Kier molecular flexibility index (Phi) is 4.29. The van der Waals surface area contributed by atoms with Gasteiger partial charge in [0.25, 0.3) is 5.91 Å². The second kappa shape index (κ2) is 6.64. The Balaban J connectivity index is 1.51. The van der Waals surface area contributed by atoms with Gasteiger partial charge in [0.1, 0.15) is 0 Å². The van der Waals surface area contributed by atoms with Crippen molar-refractivity contribution in [3.8, 4) is 0 Å². The molecule has 0 aromatic carbocycles. The number of nitrogens with zero attached hydrogens (tertiary/aromatic N) is 7. The molecule has 4 rings (SSSR count). The Hall–Kier alpha value is -2.97. The number of nitrogens with two attached hydrogens (primary N) is 1. The molecule has 9 heteroatoms. The largest absolute Gasteiger partial charge is 0.368 e. The van der Waals surface area contributed by atoms with Crippen molar-refractivity contribution in [2.24, 2.45) is 7.05 Å². The van der Waals surface area contributed by atoms with Crippen molar-refractivity contribution < 1.29 is 4.79 Å². The van der Waals surface area contributed by atoms with Crippen LogP contribution in [0.15, 0.2) is 12.3 Å². The second-order valence-electron chi connectivity index (χ2n) is 7.01. The summed E-state index contributed by atoms with van der Waals surface area (Å²) in [5.74, 6) is 1.46. The zero-order valence-electron chi connectivity index (χ0n) is 15.9. The van der Waals surface area contributed by atoms with Gasteiger partial charge >= 0.3 is 0 Å². The van der Waals surface area contributed by atoms with Gasteiger partial charge < -0.3 is 10.6 Å². The van der Waals surface area contributed by atoms with Crippen molar-refractivity contribution in [3.05, 3.63) is 29.3 Å². The summed E-state index contributed by atoms with van der Waals surface area (Å²) in [6.45, 7) is 6.01. The number of aromatic nitrogens is 6. The maximum atomic E-state index is 13.0. The smallest absolute Gasteiger partial charge is 0.255 e. The number of rotatable bonds is 3. The first-order valence-electron chi connectivity index (χ1n) is 9.26. The van der Waals surface area contributed by atoms with Crippen molar-refractivity contribution in [1.82, 2.24) is 34.4 Å². The summed E-state index contributed by atoms with van der Waals surface area (Å²) in [5.41, 5.74) is 8.00. The van der Waals surface area contributed by atoms with Gasteiger partial charge in [-0.15, -0.1) is 0 Å². The molecule has 0 saturated carbocycles. The average Bonchev–Trinajstić information content (AvgIpc) is 3.23. The van der Waals surface area contributed by atoms with Gasteiger partial charge in [0.2, 0.25) is 5.95 Å². The molecular formula is C18H24N8O. The lowest BCUT2D eigenvalue weighted by Crippen LogP contribution is -2.38. The van der Waals surface area contributed by atoms with Crippen LogP contribution in [0.3, 0.4) is 0 Å². The van der Waals surface area contributed by atoms with E-state index < -0.39 is 0 Å². The zero-order chi connectivity index (χ0) is 19.1. The number of pyridine rings is 1. The highest BCUT2D eigenvalue weighted by Gasteiger charge is 2.28. The van der Waals surface area contributed by atoms with Crippen molar-refractivity contribution in [2.45, 2.75) is 39.2 Å². The van der Waals surface area contributed by atoms with Gasteiger partial charge in [-0.2, -0.15) is 15.2 Å². The normalized spacial score (nSPS) is 15.6. The number of likely N-dealkylation sites (tertiary alicyclic amines) is 1. The molecule has 1 saturated heterocycles. The van der Waals surface area contributed by atoms with Gasteiger partial charge in [-0.3, -0.25) is 4.79 Å². The number of nitrogen functional groups attached to an aromatic ring is 1. The van der Waals surface area contributed by atoms with Crippen LogP contribution in [0.1, 0.15) is 47.6 Å². The monoisotopic (exact) mass is 368 g/mol. The lowest BCUT2D eigenvalue weighted by molar-refractivity contribution is 0.0710.